The quantitative estimate of drug-likeness (QED) is 0.669. The van der Waals surface area contributed by atoms with E-state index in [-0.39, 0.29) is 16.6 Å². The first-order valence-electron chi connectivity index (χ1n) is 5.69. The van der Waals surface area contributed by atoms with E-state index in [4.69, 9.17) is 4.74 Å². The van der Waals surface area contributed by atoms with Gasteiger partial charge in [-0.3, -0.25) is 10.1 Å². The van der Waals surface area contributed by atoms with Gasteiger partial charge in [0.25, 0.3) is 5.69 Å². The third-order valence-corrected chi connectivity index (χ3v) is 2.85. The molecule has 1 aromatic rings. The first-order valence-corrected chi connectivity index (χ1v) is 6.48. The second kappa shape index (κ2) is 6.17. The summed E-state index contributed by atoms with van der Waals surface area (Å²) in [4.78, 5) is 21.7. The van der Waals surface area contributed by atoms with Crippen LogP contribution in [0.3, 0.4) is 0 Å². The lowest BCUT2D eigenvalue weighted by molar-refractivity contribution is -0.385. The summed E-state index contributed by atoms with van der Waals surface area (Å²) in [5, 5.41) is 13.3. The van der Waals surface area contributed by atoms with E-state index in [9.17, 15) is 19.3 Å². The van der Waals surface area contributed by atoms with Crippen LogP contribution in [-0.4, -0.2) is 16.6 Å². The zero-order valence-corrected chi connectivity index (χ0v) is 12.8. The molecule has 0 unspecified atom stereocenters. The van der Waals surface area contributed by atoms with Gasteiger partial charge in [0, 0.05) is 4.47 Å². The van der Waals surface area contributed by atoms with Crippen molar-refractivity contribution in [2.45, 2.75) is 32.9 Å². The number of nitro groups is 1. The Balaban J connectivity index is 2.88. The summed E-state index contributed by atoms with van der Waals surface area (Å²) >= 11 is 3.04. The van der Waals surface area contributed by atoms with Crippen LogP contribution in [0.15, 0.2) is 16.6 Å². The summed E-state index contributed by atoms with van der Waals surface area (Å²) in [6.45, 7) is 4.95. The first kappa shape index (κ1) is 16.4. The number of nitrogens with one attached hydrogen (secondary N) is 1. The summed E-state index contributed by atoms with van der Waals surface area (Å²) < 4.78 is 18.4. The predicted octanol–water partition coefficient (Wildman–Crippen LogP) is 3.52. The van der Waals surface area contributed by atoms with E-state index in [1.165, 1.54) is 0 Å². The van der Waals surface area contributed by atoms with E-state index < -0.39 is 28.1 Å². The van der Waals surface area contributed by atoms with E-state index in [2.05, 4.69) is 21.2 Å². The van der Waals surface area contributed by atoms with Gasteiger partial charge in [-0.2, -0.15) is 0 Å². The van der Waals surface area contributed by atoms with E-state index in [0.717, 1.165) is 12.1 Å². The number of hydrogen-bond acceptors (Lipinski definition) is 4. The number of ether oxygens (including phenoxy) is 1. The van der Waals surface area contributed by atoms with Crippen LogP contribution in [0.1, 0.15) is 26.3 Å². The van der Waals surface area contributed by atoms with Crippen molar-refractivity contribution in [3.63, 3.8) is 0 Å². The third-order valence-electron chi connectivity index (χ3n) is 2.14. The maximum atomic E-state index is 13.1. The van der Waals surface area contributed by atoms with Crippen LogP contribution in [0.25, 0.3) is 0 Å². The molecule has 0 aromatic heterocycles. The molecule has 0 aliphatic carbocycles. The SMILES string of the molecule is CC(C)(C)OC(=O)NCc1c(Br)cc(F)cc1[N+](=O)[O-]. The van der Waals surface area contributed by atoms with Crippen molar-refractivity contribution in [1.82, 2.24) is 5.32 Å². The Hall–Kier alpha value is -1.70. The number of nitrogens with zero attached hydrogens (tertiary/aromatic N) is 1. The summed E-state index contributed by atoms with van der Waals surface area (Å²) in [6, 6.07) is 1.90. The van der Waals surface area contributed by atoms with Crippen molar-refractivity contribution in [2.75, 3.05) is 0 Å². The van der Waals surface area contributed by atoms with Crippen LogP contribution in [0.5, 0.6) is 0 Å². The summed E-state index contributed by atoms with van der Waals surface area (Å²) in [7, 11) is 0. The third kappa shape index (κ3) is 4.76. The zero-order chi connectivity index (χ0) is 15.5. The highest BCUT2D eigenvalue weighted by Gasteiger charge is 2.21. The highest BCUT2D eigenvalue weighted by Crippen LogP contribution is 2.28. The molecule has 0 fully saturated rings. The lowest BCUT2D eigenvalue weighted by Crippen LogP contribution is -2.32. The number of benzene rings is 1. The van der Waals surface area contributed by atoms with Crippen LogP contribution < -0.4 is 5.32 Å². The number of alkyl carbamates (subject to hydrolysis) is 1. The summed E-state index contributed by atoms with van der Waals surface area (Å²) in [5.41, 5.74) is -0.911. The highest BCUT2D eigenvalue weighted by molar-refractivity contribution is 9.10. The molecule has 0 aliphatic rings. The first-order chi connectivity index (χ1) is 9.10. The summed E-state index contributed by atoms with van der Waals surface area (Å²) in [5.74, 6) is -0.732. The molecule has 8 heteroatoms. The maximum absolute atomic E-state index is 13.1. The second-order valence-electron chi connectivity index (χ2n) is 5.00. The van der Waals surface area contributed by atoms with Gasteiger partial charge in [0.15, 0.2) is 0 Å². The van der Waals surface area contributed by atoms with E-state index >= 15 is 0 Å². The Morgan fingerprint density at radius 1 is 1.50 bits per heavy atom. The number of carbonyl (C=O) groups is 1. The number of amides is 1. The fourth-order valence-electron chi connectivity index (χ4n) is 1.40. The van der Waals surface area contributed by atoms with Crippen molar-refractivity contribution in [2.24, 2.45) is 0 Å². The van der Waals surface area contributed by atoms with Crippen LogP contribution in [0.4, 0.5) is 14.9 Å². The summed E-state index contributed by atoms with van der Waals surface area (Å²) in [6.07, 6.45) is -0.706. The Kier molecular flexibility index (Phi) is 5.04. The topological polar surface area (TPSA) is 81.5 Å². The lowest BCUT2D eigenvalue weighted by atomic mass is 10.1. The average Bonchev–Trinajstić information content (AvgIpc) is 2.24. The Morgan fingerprint density at radius 3 is 2.60 bits per heavy atom. The number of halogens is 2. The van der Waals surface area contributed by atoms with Crippen LogP contribution in [-0.2, 0) is 11.3 Å². The molecule has 1 amide bonds. The second-order valence-corrected chi connectivity index (χ2v) is 5.85. The van der Waals surface area contributed by atoms with Crippen molar-refractivity contribution in [1.29, 1.82) is 0 Å². The van der Waals surface area contributed by atoms with E-state index in [0.29, 0.717) is 0 Å². The monoisotopic (exact) mass is 348 g/mol. The molecule has 20 heavy (non-hydrogen) atoms. The van der Waals surface area contributed by atoms with Gasteiger partial charge in [0.05, 0.1) is 23.1 Å². The predicted molar refractivity (Wildman–Crippen MR) is 73.8 cm³/mol. The van der Waals surface area contributed by atoms with Gasteiger partial charge in [-0.1, -0.05) is 15.9 Å². The highest BCUT2D eigenvalue weighted by atomic mass is 79.9. The minimum atomic E-state index is -0.732. The van der Waals surface area contributed by atoms with Crippen LogP contribution >= 0.6 is 15.9 Å². The molecule has 0 heterocycles. The molecule has 1 aromatic carbocycles. The standard InChI is InChI=1S/C12H14BrFN2O4/c1-12(2,3)20-11(17)15-6-8-9(13)4-7(14)5-10(8)16(18)19/h4-5H,6H2,1-3H3,(H,15,17). The Labute approximate surface area is 123 Å². The Bertz CT molecular complexity index is 543. The fraction of sp³-hybridized carbons (Fsp3) is 0.417. The minimum absolute atomic E-state index is 0.147. The normalized spacial score (nSPS) is 11.1. The molecular formula is C12H14BrFN2O4. The van der Waals surface area contributed by atoms with Crippen LogP contribution in [0, 0.1) is 15.9 Å². The lowest BCUT2D eigenvalue weighted by Gasteiger charge is -2.19. The zero-order valence-electron chi connectivity index (χ0n) is 11.2. The molecule has 110 valence electrons. The van der Waals surface area contributed by atoms with E-state index in [1.54, 1.807) is 20.8 Å². The van der Waals surface area contributed by atoms with Crippen molar-refractivity contribution < 1.29 is 18.8 Å². The molecule has 0 radical (unpaired) electrons. The van der Waals surface area contributed by atoms with Crippen LogP contribution in [0.2, 0.25) is 0 Å². The van der Waals surface area contributed by atoms with Crippen molar-refractivity contribution >= 4 is 27.7 Å². The van der Waals surface area contributed by atoms with Gasteiger partial charge in [0.2, 0.25) is 0 Å². The molecule has 1 N–H and O–H groups in total. The van der Waals surface area contributed by atoms with Crippen molar-refractivity contribution in [3.8, 4) is 0 Å². The molecule has 0 saturated heterocycles. The molecule has 0 spiro atoms. The van der Waals surface area contributed by atoms with Crippen molar-refractivity contribution in [3.05, 3.63) is 38.1 Å². The van der Waals surface area contributed by atoms with Gasteiger partial charge >= 0.3 is 6.09 Å². The average molecular weight is 349 g/mol. The van der Waals surface area contributed by atoms with Gasteiger partial charge in [-0.25, -0.2) is 9.18 Å². The van der Waals surface area contributed by atoms with E-state index in [1.807, 2.05) is 0 Å². The number of hydrogen-bond donors (Lipinski definition) is 1. The Morgan fingerprint density at radius 2 is 2.10 bits per heavy atom. The number of nitro benzene ring substituents is 1. The number of rotatable bonds is 3. The maximum Gasteiger partial charge on any atom is 0.407 e. The van der Waals surface area contributed by atoms with Gasteiger partial charge in [-0.15, -0.1) is 0 Å². The number of carbonyl (C=O) groups excluding carboxylic acids is 1. The minimum Gasteiger partial charge on any atom is -0.444 e. The largest absolute Gasteiger partial charge is 0.444 e. The van der Waals surface area contributed by atoms with Gasteiger partial charge < -0.3 is 10.1 Å². The molecule has 0 aliphatic heterocycles. The molecule has 6 nitrogen and oxygen atoms in total. The molecule has 1 rings (SSSR count). The fourth-order valence-corrected chi connectivity index (χ4v) is 1.96. The molecule has 0 bridgehead atoms. The molecular weight excluding hydrogens is 335 g/mol. The van der Waals surface area contributed by atoms with Gasteiger partial charge in [-0.05, 0) is 26.8 Å². The smallest absolute Gasteiger partial charge is 0.407 e. The van der Waals surface area contributed by atoms with Gasteiger partial charge in [0.1, 0.15) is 11.4 Å². The molecule has 0 saturated carbocycles. The molecule has 0 atom stereocenters.